The van der Waals surface area contributed by atoms with E-state index in [1.165, 1.54) is 100 Å². The van der Waals surface area contributed by atoms with Gasteiger partial charge in [-0.05, 0) is 129 Å². The predicted octanol–water partition coefficient (Wildman–Crippen LogP) is 18.8. The molecule has 4 bridgehead atoms. The number of anilines is 4. The molecule has 2 aromatic heterocycles. The van der Waals surface area contributed by atoms with E-state index in [4.69, 9.17) is 9.72 Å². The Kier molecular flexibility index (Phi) is 11.2. The van der Waals surface area contributed by atoms with E-state index in [0.29, 0.717) is 11.5 Å². The molecule has 5 nitrogen and oxygen atoms in total. The van der Waals surface area contributed by atoms with E-state index in [0.717, 1.165) is 33.6 Å². The van der Waals surface area contributed by atoms with E-state index in [2.05, 4.69) is 271 Å². The van der Waals surface area contributed by atoms with Crippen LogP contribution in [-0.2, 0) is 37.3 Å². The summed E-state index contributed by atoms with van der Waals surface area (Å²) in [5, 5.41) is 2.38. The van der Waals surface area contributed by atoms with Crippen molar-refractivity contribution < 1.29 is 25.8 Å². The van der Waals surface area contributed by atoms with E-state index < -0.39 is 0 Å². The first-order valence-electron chi connectivity index (χ1n) is 28.9. The van der Waals surface area contributed by atoms with Gasteiger partial charge >= 0.3 is 0 Å². The van der Waals surface area contributed by atoms with Crippen LogP contribution < -0.4 is 14.5 Å². The van der Waals surface area contributed by atoms with Crippen molar-refractivity contribution in [3.8, 4) is 17.3 Å². The Morgan fingerprint density at radius 1 is 0.451 bits per heavy atom. The van der Waals surface area contributed by atoms with Crippen molar-refractivity contribution in [3.05, 3.63) is 290 Å². The Bertz CT molecular complexity index is 4360. The number of nitrogens with zero attached hydrogens (tertiary/aromatic N) is 4. The van der Waals surface area contributed by atoms with Gasteiger partial charge in [-0.2, -0.15) is 12.1 Å². The molecule has 9 aromatic carbocycles. The van der Waals surface area contributed by atoms with Gasteiger partial charge in [-0.15, -0.1) is 48.1 Å². The quantitative estimate of drug-likeness (QED) is 0.161. The molecule has 0 fully saturated rings. The molecular formula is C76H63N4OPt-3. The Hall–Kier alpha value is -7.98. The number of hydrogen-bond acceptors (Lipinski definition) is 4. The molecule has 0 amide bonds. The molecule has 11 aromatic rings. The Labute approximate surface area is 496 Å². The van der Waals surface area contributed by atoms with Gasteiger partial charge < -0.3 is 19.1 Å². The van der Waals surface area contributed by atoms with Crippen LogP contribution in [0.3, 0.4) is 0 Å². The van der Waals surface area contributed by atoms with Gasteiger partial charge in [0.05, 0.1) is 0 Å². The standard InChI is InChI=1S/C76H63N4O.Pt/c1-74(2,3)44-38-39-77-64(40-44)80-61-36-34-57-65-48-22-10-14-26-52(48)67(53-27-15-11-23-49(53)65)70(57)69(61)56-33-32-47(42-63(56)80)81-46-21-18-20-45(41-46)78-43-79(72-59(75(4,5)6)30-19-31-60(72)76(7,8)9)62-37-35-58-66-50-24-12-16-28-54(50)68(71(58)73(62)78)55-29-17-13-25-51(55)66;/h10-40,43,65-68H,1-9H3;/q-3;. The molecule has 82 heavy (non-hydrogen) atoms. The van der Waals surface area contributed by atoms with E-state index in [-0.39, 0.29) is 61.0 Å². The second-order valence-corrected chi connectivity index (χ2v) is 26.3. The minimum Gasteiger partial charge on any atom is -0.509 e. The van der Waals surface area contributed by atoms with E-state index in [1.54, 1.807) is 0 Å². The van der Waals surface area contributed by atoms with Gasteiger partial charge in [0.1, 0.15) is 5.82 Å². The molecule has 0 atom stereocenters. The van der Waals surface area contributed by atoms with Gasteiger partial charge in [0.25, 0.3) is 0 Å². The first kappa shape index (κ1) is 50.9. The van der Waals surface area contributed by atoms with Gasteiger partial charge in [0, 0.05) is 85.0 Å². The zero-order valence-electron chi connectivity index (χ0n) is 47.8. The summed E-state index contributed by atoms with van der Waals surface area (Å²) in [6.45, 7) is 23.2. The van der Waals surface area contributed by atoms with Gasteiger partial charge in [0.2, 0.25) is 0 Å². The van der Waals surface area contributed by atoms with E-state index in [9.17, 15) is 0 Å². The molecule has 406 valence electrons. The maximum Gasteiger partial charge on any atom is 0.135 e. The zero-order chi connectivity index (χ0) is 55.0. The van der Waals surface area contributed by atoms with Crippen molar-refractivity contribution in [3.63, 3.8) is 0 Å². The molecule has 6 heteroatoms. The minimum absolute atomic E-state index is 0. The molecule has 3 heterocycles. The van der Waals surface area contributed by atoms with Crippen LogP contribution in [0.1, 0.15) is 169 Å². The summed E-state index contributed by atoms with van der Waals surface area (Å²) in [6, 6.07) is 75.7. The van der Waals surface area contributed by atoms with Crippen LogP contribution in [-0.4, -0.2) is 9.55 Å². The largest absolute Gasteiger partial charge is 0.509 e. The number of ether oxygens (including phenoxy) is 1. The predicted molar refractivity (Wildman–Crippen MR) is 330 cm³/mol. The van der Waals surface area contributed by atoms with Crippen LogP contribution in [0, 0.1) is 18.8 Å². The fraction of sp³-hybridized carbons (Fsp3) is 0.211. The number of para-hydroxylation sites is 1. The van der Waals surface area contributed by atoms with Gasteiger partial charge in [-0.3, -0.25) is 0 Å². The van der Waals surface area contributed by atoms with Gasteiger partial charge in [0.15, 0.2) is 0 Å². The molecule has 0 radical (unpaired) electrons. The SMILES string of the molecule is CC(C)(C)c1ccnc(-n2c3[c-]c(Oc4[c-]c(N5[CH-]N(c6c(C(C)(C)C)cccc6C(C)(C)C)c6ccc7c(c65)C5c6ccccc6C7c6ccccc65)ccc4)ccc3c3c4c(ccc32)C2c3ccccc3C4c3ccccc32)c1.[Pt]. The van der Waals surface area contributed by atoms with Crippen molar-refractivity contribution in [2.75, 3.05) is 9.80 Å². The van der Waals surface area contributed by atoms with Crippen molar-refractivity contribution in [1.82, 2.24) is 9.55 Å². The fourth-order valence-corrected chi connectivity index (χ4v) is 15.0. The molecule has 0 N–H and O–H groups in total. The number of fused-ring (bicyclic) bond motifs is 4. The number of aromatic nitrogens is 2. The molecule has 1 aliphatic heterocycles. The van der Waals surface area contributed by atoms with Gasteiger partial charge in [-0.1, -0.05) is 195 Å². The van der Waals surface area contributed by atoms with Gasteiger partial charge in [-0.25, -0.2) is 4.98 Å². The Morgan fingerprint density at radius 3 is 1.52 bits per heavy atom. The summed E-state index contributed by atoms with van der Waals surface area (Å²) in [5.74, 6) is 2.53. The maximum absolute atomic E-state index is 7.09. The van der Waals surface area contributed by atoms with Crippen molar-refractivity contribution >= 4 is 44.6 Å². The van der Waals surface area contributed by atoms with E-state index >= 15 is 0 Å². The van der Waals surface area contributed by atoms with Crippen molar-refractivity contribution in [2.45, 2.75) is 102 Å². The Morgan fingerprint density at radius 2 is 0.963 bits per heavy atom. The molecule has 0 spiro atoms. The third-order valence-corrected chi connectivity index (χ3v) is 18.5. The van der Waals surface area contributed by atoms with Crippen LogP contribution in [0.25, 0.3) is 27.6 Å². The minimum atomic E-state index is -0.131. The third-order valence-electron chi connectivity index (χ3n) is 18.5. The average Bonchev–Trinajstić information content (AvgIpc) is 2.89. The molecule has 7 aliphatic rings. The smallest absolute Gasteiger partial charge is 0.135 e. The second-order valence-electron chi connectivity index (χ2n) is 26.3. The van der Waals surface area contributed by atoms with Crippen LogP contribution in [0.5, 0.6) is 11.5 Å². The first-order valence-corrected chi connectivity index (χ1v) is 28.9. The number of rotatable bonds is 5. The summed E-state index contributed by atoms with van der Waals surface area (Å²) in [7, 11) is 0. The van der Waals surface area contributed by atoms with Crippen LogP contribution in [0.4, 0.5) is 22.7 Å². The summed E-state index contributed by atoms with van der Waals surface area (Å²) >= 11 is 0. The topological polar surface area (TPSA) is 33.5 Å². The molecule has 6 aliphatic carbocycles. The molecular weight excluding hydrogens is 1180 g/mol. The maximum atomic E-state index is 7.09. The fourth-order valence-electron chi connectivity index (χ4n) is 15.0. The number of pyridine rings is 1. The number of hydrogen-bond donors (Lipinski definition) is 0. The summed E-state index contributed by atoms with van der Waals surface area (Å²) < 4.78 is 9.42. The van der Waals surface area contributed by atoms with Crippen molar-refractivity contribution in [2.24, 2.45) is 0 Å². The third kappa shape index (κ3) is 7.30. The molecule has 18 rings (SSSR count). The van der Waals surface area contributed by atoms with E-state index in [1.807, 2.05) is 12.3 Å². The monoisotopic (exact) mass is 1240 g/mol. The average molecular weight is 1240 g/mol. The summed E-state index contributed by atoms with van der Waals surface area (Å²) in [4.78, 5) is 10.0. The molecule has 0 saturated carbocycles. The zero-order valence-corrected chi connectivity index (χ0v) is 50.1. The molecule has 0 saturated heterocycles. The Balaban J connectivity index is 0.00000576. The van der Waals surface area contributed by atoms with Crippen LogP contribution >= 0.6 is 0 Å². The normalized spacial score (nSPS) is 17.9. The van der Waals surface area contributed by atoms with Crippen molar-refractivity contribution in [1.29, 1.82) is 0 Å². The number of benzene rings is 9. The van der Waals surface area contributed by atoms with Crippen LogP contribution in [0.15, 0.2) is 188 Å². The first-order chi connectivity index (χ1) is 39.1. The summed E-state index contributed by atoms with van der Waals surface area (Å²) in [5.41, 5.74) is 26.7. The molecule has 0 unspecified atom stereocenters. The second kappa shape index (κ2) is 18.0. The van der Waals surface area contributed by atoms with Crippen LogP contribution in [0.2, 0.25) is 0 Å². The summed E-state index contributed by atoms with van der Waals surface area (Å²) in [6.07, 6.45) is 1.96.